The minimum Gasteiger partial charge on any atom is -0.481 e. The van der Waals surface area contributed by atoms with Gasteiger partial charge in [-0.1, -0.05) is 6.92 Å². The molecule has 1 aliphatic rings. The summed E-state index contributed by atoms with van der Waals surface area (Å²) in [7, 11) is 0. The summed E-state index contributed by atoms with van der Waals surface area (Å²) in [5.74, 6) is 0.134. The molecule has 1 atom stereocenters. The van der Waals surface area contributed by atoms with Crippen LogP contribution in [-0.4, -0.2) is 35.1 Å². The summed E-state index contributed by atoms with van der Waals surface area (Å²) in [6.45, 7) is 5.97. The van der Waals surface area contributed by atoms with Gasteiger partial charge in [0, 0.05) is 12.6 Å². The Balaban J connectivity index is 2.28. The highest BCUT2D eigenvalue weighted by Gasteiger charge is 2.31. The van der Waals surface area contributed by atoms with Gasteiger partial charge in [-0.25, -0.2) is 0 Å². The molecule has 1 saturated carbocycles. The number of carboxylic acid groups (broad SMARTS) is 1. The highest BCUT2D eigenvalue weighted by atomic mass is 16.4. The van der Waals surface area contributed by atoms with Crippen LogP contribution in [0.15, 0.2) is 0 Å². The summed E-state index contributed by atoms with van der Waals surface area (Å²) in [6.07, 6.45) is 2.92. The van der Waals surface area contributed by atoms with Crippen molar-refractivity contribution in [2.45, 2.75) is 39.2 Å². The number of hydrogen-bond donors (Lipinski definition) is 1. The average molecular weight is 185 g/mol. The lowest BCUT2D eigenvalue weighted by Crippen LogP contribution is -2.36. The van der Waals surface area contributed by atoms with Crippen LogP contribution in [0.4, 0.5) is 0 Å². The lowest BCUT2D eigenvalue weighted by atomic mass is 10.2. The fourth-order valence-electron chi connectivity index (χ4n) is 1.77. The number of carboxylic acids is 1. The summed E-state index contributed by atoms with van der Waals surface area (Å²) < 4.78 is 0. The highest BCUT2D eigenvalue weighted by Crippen LogP contribution is 2.34. The molecule has 13 heavy (non-hydrogen) atoms. The molecule has 1 fully saturated rings. The normalized spacial score (nSPS) is 19.0. The predicted molar refractivity (Wildman–Crippen MR) is 51.7 cm³/mol. The van der Waals surface area contributed by atoms with E-state index in [0.29, 0.717) is 12.6 Å². The lowest BCUT2D eigenvalue weighted by molar-refractivity contribution is -0.137. The zero-order chi connectivity index (χ0) is 9.84. The van der Waals surface area contributed by atoms with Crippen molar-refractivity contribution in [2.24, 2.45) is 5.92 Å². The second kappa shape index (κ2) is 4.61. The molecule has 0 bridgehead atoms. The molecule has 0 aromatic heterocycles. The Bertz CT molecular complexity index is 178. The summed E-state index contributed by atoms with van der Waals surface area (Å²) in [6, 6.07) is 0.573. The van der Waals surface area contributed by atoms with E-state index in [2.05, 4.69) is 18.7 Å². The summed E-state index contributed by atoms with van der Waals surface area (Å²) in [5, 5.41) is 8.57. The molecule has 1 rings (SSSR count). The Morgan fingerprint density at radius 1 is 1.62 bits per heavy atom. The van der Waals surface area contributed by atoms with Crippen molar-refractivity contribution in [3.63, 3.8) is 0 Å². The van der Waals surface area contributed by atoms with Crippen molar-refractivity contribution in [3.8, 4) is 0 Å². The van der Waals surface area contributed by atoms with Crippen LogP contribution in [0.3, 0.4) is 0 Å². The van der Waals surface area contributed by atoms with Crippen molar-refractivity contribution in [2.75, 3.05) is 13.1 Å². The molecule has 0 spiro atoms. The molecule has 3 nitrogen and oxygen atoms in total. The molecule has 0 aromatic rings. The SMILES string of the molecule is CCN(CCC(=O)O)C(C)C1CC1. The molecule has 0 radical (unpaired) electrons. The fourth-order valence-corrected chi connectivity index (χ4v) is 1.77. The van der Waals surface area contributed by atoms with Crippen LogP contribution in [0.1, 0.15) is 33.1 Å². The van der Waals surface area contributed by atoms with Crippen molar-refractivity contribution in [1.82, 2.24) is 4.90 Å². The largest absolute Gasteiger partial charge is 0.481 e. The number of hydrogen-bond acceptors (Lipinski definition) is 2. The van der Waals surface area contributed by atoms with Gasteiger partial charge in [-0.15, -0.1) is 0 Å². The Hall–Kier alpha value is -0.570. The van der Waals surface area contributed by atoms with Crippen LogP contribution in [-0.2, 0) is 4.79 Å². The molecular formula is C10H19NO2. The molecule has 1 N–H and O–H groups in total. The van der Waals surface area contributed by atoms with E-state index in [1.165, 1.54) is 12.8 Å². The van der Waals surface area contributed by atoms with Crippen LogP contribution in [0.25, 0.3) is 0 Å². The molecule has 0 aliphatic heterocycles. The van der Waals surface area contributed by atoms with Crippen LogP contribution in [0, 0.1) is 5.92 Å². The Kier molecular flexibility index (Phi) is 3.72. The third kappa shape index (κ3) is 3.35. The van der Waals surface area contributed by atoms with E-state index in [0.717, 1.165) is 12.5 Å². The Morgan fingerprint density at radius 2 is 2.23 bits per heavy atom. The number of carbonyl (C=O) groups is 1. The summed E-state index contributed by atoms with van der Waals surface area (Å²) >= 11 is 0. The van der Waals surface area contributed by atoms with Crippen LogP contribution in [0.2, 0.25) is 0 Å². The van der Waals surface area contributed by atoms with Crippen LogP contribution >= 0.6 is 0 Å². The summed E-state index contributed by atoms with van der Waals surface area (Å²) in [5.41, 5.74) is 0. The van der Waals surface area contributed by atoms with Crippen molar-refractivity contribution in [3.05, 3.63) is 0 Å². The minimum atomic E-state index is -0.693. The Labute approximate surface area is 79.7 Å². The van der Waals surface area contributed by atoms with Gasteiger partial charge in [0.15, 0.2) is 0 Å². The van der Waals surface area contributed by atoms with Gasteiger partial charge < -0.3 is 10.0 Å². The average Bonchev–Trinajstić information content (AvgIpc) is 2.86. The maximum atomic E-state index is 10.4. The van der Waals surface area contributed by atoms with Gasteiger partial charge in [0.2, 0.25) is 0 Å². The van der Waals surface area contributed by atoms with E-state index >= 15 is 0 Å². The molecule has 1 unspecified atom stereocenters. The molecule has 76 valence electrons. The van der Waals surface area contributed by atoms with Gasteiger partial charge in [-0.05, 0) is 32.2 Å². The van der Waals surface area contributed by atoms with Gasteiger partial charge in [-0.2, -0.15) is 0 Å². The van der Waals surface area contributed by atoms with Gasteiger partial charge >= 0.3 is 5.97 Å². The zero-order valence-electron chi connectivity index (χ0n) is 8.49. The second-order valence-corrected chi connectivity index (χ2v) is 3.85. The van der Waals surface area contributed by atoms with Crippen LogP contribution < -0.4 is 0 Å². The number of rotatable bonds is 6. The fraction of sp³-hybridized carbons (Fsp3) is 0.900. The van der Waals surface area contributed by atoms with Crippen molar-refractivity contribution >= 4 is 5.97 Å². The topological polar surface area (TPSA) is 40.5 Å². The Morgan fingerprint density at radius 3 is 2.62 bits per heavy atom. The van der Waals surface area contributed by atoms with Gasteiger partial charge in [0.05, 0.1) is 6.42 Å². The lowest BCUT2D eigenvalue weighted by Gasteiger charge is -2.27. The molecule has 3 heteroatoms. The first-order chi connectivity index (χ1) is 6.15. The van der Waals surface area contributed by atoms with E-state index in [1.807, 2.05) is 0 Å². The van der Waals surface area contributed by atoms with Gasteiger partial charge in [0.25, 0.3) is 0 Å². The number of nitrogens with zero attached hydrogens (tertiary/aromatic N) is 1. The first-order valence-corrected chi connectivity index (χ1v) is 5.11. The van der Waals surface area contributed by atoms with Crippen molar-refractivity contribution < 1.29 is 9.90 Å². The zero-order valence-corrected chi connectivity index (χ0v) is 8.49. The molecule has 0 saturated heterocycles. The third-order valence-corrected chi connectivity index (χ3v) is 2.90. The smallest absolute Gasteiger partial charge is 0.304 e. The summed E-state index contributed by atoms with van der Waals surface area (Å²) in [4.78, 5) is 12.7. The quantitative estimate of drug-likeness (QED) is 0.683. The highest BCUT2D eigenvalue weighted by molar-refractivity contribution is 5.66. The first-order valence-electron chi connectivity index (χ1n) is 5.11. The van der Waals surface area contributed by atoms with Gasteiger partial charge in [0.1, 0.15) is 0 Å². The molecule has 0 aromatic carbocycles. The van der Waals surface area contributed by atoms with Gasteiger partial charge in [-0.3, -0.25) is 4.79 Å². The number of aliphatic carboxylic acids is 1. The first kappa shape index (κ1) is 10.5. The maximum absolute atomic E-state index is 10.4. The third-order valence-electron chi connectivity index (χ3n) is 2.90. The van der Waals surface area contributed by atoms with E-state index in [1.54, 1.807) is 0 Å². The van der Waals surface area contributed by atoms with E-state index in [9.17, 15) is 4.79 Å². The maximum Gasteiger partial charge on any atom is 0.304 e. The molecule has 1 aliphatic carbocycles. The monoisotopic (exact) mass is 185 g/mol. The van der Waals surface area contributed by atoms with Crippen molar-refractivity contribution in [1.29, 1.82) is 0 Å². The molecule has 0 heterocycles. The van der Waals surface area contributed by atoms with E-state index in [-0.39, 0.29) is 6.42 Å². The predicted octanol–water partition coefficient (Wildman–Crippen LogP) is 1.58. The second-order valence-electron chi connectivity index (χ2n) is 3.85. The van der Waals surface area contributed by atoms with E-state index in [4.69, 9.17) is 5.11 Å². The molecule has 0 amide bonds. The molecular weight excluding hydrogens is 166 g/mol. The standard InChI is InChI=1S/C10H19NO2/c1-3-11(7-6-10(12)13)8(2)9-4-5-9/h8-9H,3-7H2,1-2H3,(H,12,13). The minimum absolute atomic E-state index is 0.269. The van der Waals surface area contributed by atoms with Crippen LogP contribution in [0.5, 0.6) is 0 Å². The van der Waals surface area contributed by atoms with E-state index < -0.39 is 5.97 Å².